The molecule has 0 atom stereocenters. The van der Waals surface area contributed by atoms with Crippen LogP contribution in [0.4, 0.5) is 17.5 Å². The Labute approximate surface area is 678 Å². The van der Waals surface area contributed by atoms with Crippen molar-refractivity contribution in [1.29, 1.82) is 0 Å². The van der Waals surface area contributed by atoms with Crippen molar-refractivity contribution in [3.05, 3.63) is 229 Å². The summed E-state index contributed by atoms with van der Waals surface area (Å²) in [7, 11) is 5.90. The van der Waals surface area contributed by atoms with Gasteiger partial charge in [0.25, 0.3) is 22.2 Å². The normalized spacial score (nSPS) is 15.6. The lowest BCUT2D eigenvalue weighted by atomic mass is 9.94. The molecular weight excluding hydrogens is 1490 g/mol. The molecule has 0 saturated carbocycles. The van der Waals surface area contributed by atoms with Crippen LogP contribution in [0.15, 0.2) is 179 Å². The third-order valence-corrected chi connectivity index (χ3v) is 22.8. The van der Waals surface area contributed by atoms with Crippen molar-refractivity contribution in [2.24, 2.45) is 14.1 Å². The number of rotatable bonds is 12. The van der Waals surface area contributed by atoms with Gasteiger partial charge in [0.1, 0.15) is 28.7 Å². The Kier molecular flexibility index (Phi) is 21.7. The van der Waals surface area contributed by atoms with Gasteiger partial charge in [0.05, 0.1) is 101 Å². The second-order valence-electron chi connectivity index (χ2n) is 31.1. The number of nitrogens with zero attached hydrogens (tertiary/aromatic N) is 27. The van der Waals surface area contributed by atoms with Gasteiger partial charge in [0.2, 0.25) is 0 Å². The monoisotopic (exact) mass is 1590 g/mol. The molecule has 4 aliphatic heterocycles. The van der Waals surface area contributed by atoms with E-state index in [0.29, 0.717) is 57.8 Å². The predicted octanol–water partition coefficient (Wildman–Crippen LogP) is 7.54. The number of likely N-dealkylation sites (tertiary alicyclic amines) is 1. The molecule has 32 nitrogen and oxygen atoms in total. The van der Waals surface area contributed by atoms with E-state index in [4.69, 9.17) is 15.1 Å². The number of β-amino-alcohol motifs (C(OH)–C–C–N with tert-alkyl or cyclic N) is 1. The Morgan fingerprint density at radius 1 is 0.381 bits per heavy atom. The van der Waals surface area contributed by atoms with Crippen LogP contribution in [0.5, 0.6) is 0 Å². The standard InChI is InChI=1S/C23H26N6O.C21H23N7O2.2C21H23N7O/c1-4-27-7-5-17(6-8-27)20-14-29-21(11-24-20)26-19(10-22(29)30)18-9-15(2)23-25-16(3)12-28(23)13-18;1-25-13-16-10-15(2-3-17(16)24-25)18-11-21(30)28-14-20(22-12-19(28)23-18)27-6-4-26(5-7-27)8-9-29;1-14-8-16(12-27-11-15(2)23-21(14)27)17-9-20(29)28-13-19(22-10-18(28)24-17)26-6-4-25(3)5-7-26;1-3-26-6-8-27(9-7-26)20-14-28-19(12-22-20)23-18(11-21(28)29)15-4-5-17-16(10-15)13-25(2)24-17/h9-14,17H,4-8H2,1-3H3;2-3,10-14,29H,4-9H2,1H3;8-13H,4-7H2,1-3H3;4-5,10-14H,3,6-9H2,1-2H3. The van der Waals surface area contributed by atoms with Crippen molar-refractivity contribution in [2.45, 2.75) is 60.3 Å². The van der Waals surface area contributed by atoms with Gasteiger partial charge >= 0.3 is 0 Å². The maximum absolute atomic E-state index is 12.9. The van der Waals surface area contributed by atoms with Crippen molar-refractivity contribution in [3.8, 4) is 45.0 Å². The summed E-state index contributed by atoms with van der Waals surface area (Å²) < 4.78 is 13.9. The van der Waals surface area contributed by atoms with Gasteiger partial charge in [0.15, 0.2) is 22.6 Å². The Bertz CT molecular complexity index is 6700. The highest BCUT2D eigenvalue weighted by molar-refractivity contribution is 5.85. The van der Waals surface area contributed by atoms with Crippen LogP contribution in [0.3, 0.4) is 0 Å². The molecule has 0 radical (unpaired) electrons. The van der Waals surface area contributed by atoms with Gasteiger partial charge in [-0.2, -0.15) is 10.2 Å². The summed E-state index contributed by atoms with van der Waals surface area (Å²) in [5, 5.41) is 19.9. The quantitative estimate of drug-likeness (QED) is 0.123. The molecule has 0 spiro atoms. The van der Waals surface area contributed by atoms with Crippen LogP contribution in [0.25, 0.3) is 101 Å². The van der Waals surface area contributed by atoms with E-state index in [1.807, 2.05) is 143 Å². The maximum Gasteiger partial charge on any atom is 0.258 e. The van der Waals surface area contributed by atoms with Crippen LogP contribution < -0.4 is 36.9 Å². The molecule has 2 aromatic carbocycles. The Hall–Kier alpha value is -12.9. The third kappa shape index (κ3) is 16.4. The largest absolute Gasteiger partial charge is 0.395 e. The van der Waals surface area contributed by atoms with E-state index >= 15 is 0 Å². The van der Waals surface area contributed by atoms with E-state index < -0.39 is 0 Å². The summed E-state index contributed by atoms with van der Waals surface area (Å²) >= 11 is 0. The van der Waals surface area contributed by atoms with Crippen molar-refractivity contribution in [3.63, 3.8) is 0 Å². The number of aliphatic hydroxyl groups excluding tert-OH is 1. The summed E-state index contributed by atoms with van der Waals surface area (Å²) in [5.74, 6) is 2.80. The molecule has 4 aliphatic rings. The lowest BCUT2D eigenvalue weighted by Gasteiger charge is -2.34. The lowest BCUT2D eigenvalue weighted by Crippen LogP contribution is -2.47. The van der Waals surface area contributed by atoms with Crippen LogP contribution in [0, 0.1) is 27.7 Å². The highest BCUT2D eigenvalue weighted by Crippen LogP contribution is 2.30. The van der Waals surface area contributed by atoms with Gasteiger partial charge in [-0.05, 0) is 121 Å². The zero-order valence-corrected chi connectivity index (χ0v) is 67.9. The first-order chi connectivity index (χ1) is 57.2. The van der Waals surface area contributed by atoms with E-state index in [1.54, 1.807) is 94.6 Å². The number of hydrogen-bond donors (Lipinski definition) is 1. The fourth-order valence-corrected chi connectivity index (χ4v) is 16.2. The molecule has 0 amide bonds. The summed E-state index contributed by atoms with van der Waals surface area (Å²) in [6.45, 7) is 28.5. The average molecular weight is 1590 g/mol. The molecule has 0 bridgehead atoms. The molecule has 0 unspecified atom stereocenters. The summed E-state index contributed by atoms with van der Waals surface area (Å²) in [4.78, 5) is 114. The first-order valence-electron chi connectivity index (χ1n) is 40.3. The minimum atomic E-state index is -0.135. The van der Waals surface area contributed by atoms with Crippen LogP contribution in [-0.4, -0.2) is 245 Å². The fourth-order valence-electron chi connectivity index (χ4n) is 16.2. The average Bonchev–Trinajstić information content (AvgIpc) is 1.75. The number of likely N-dealkylation sites (N-methyl/N-ethyl adjacent to an activating group) is 2. The molecule has 604 valence electrons. The Morgan fingerprint density at radius 2 is 0.754 bits per heavy atom. The van der Waals surface area contributed by atoms with Crippen LogP contribution >= 0.6 is 0 Å². The molecule has 32 heteroatoms. The SMILES string of the molecule is CCN1CCC(c2cn3c(=O)cc(-c4cc(C)c5nc(C)cn5c4)nc3cn2)CC1.CCN1CCN(c2cn3c(=O)cc(-c4ccc5nn(C)cc5c4)nc3cn2)CC1.Cc1cn2cc(-c3cc(=O)n4cc(N5CCN(C)CC5)ncc4n3)cc(C)c2n1.Cn1cc2cc(-c3cc(=O)n4cc(N5CCN(CCO)CC5)ncc4n3)ccc2n1. The second-order valence-corrected chi connectivity index (χ2v) is 31.1. The number of hydrogen-bond acceptors (Lipinski definition) is 24. The van der Waals surface area contributed by atoms with Crippen molar-refractivity contribution >= 4 is 73.1 Å². The summed E-state index contributed by atoms with van der Waals surface area (Å²) in [5.41, 5.74) is 16.5. The predicted molar refractivity (Wildman–Crippen MR) is 458 cm³/mol. The molecule has 118 heavy (non-hydrogen) atoms. The fraction of sp³-hybridized carbons (Fsp3) is 0.349. The zero-order chi connectivity index (χ0) is 81.6. The minimum Gasteiger partial charge on any atom is -0.395 e. The van der Waals surface area contributed by atoms with Gasteiger partial charge in [-0.3, -0.25) is 56.0 Å². The van der Waals surface area contributed by atoms with Gasteiger partial charge in [-0.1, -0.05) is 26.0 Å². The zero-order valence-electron chi connectivity index (χ0n) is 67.9. The number of aromatic nitrogens is 20. The van der Waals surface area contributed by atoms with E-state index in [0.717, 1.165) is 219 Å². The number of fused-ring (bicyclic) bond motifs is 8. The number of piperidine rings is 1. The molecule has 0 aliphatic carbocycles. The maximum atomic E-state index is 12.9. The Balaban J connectivity index is 0.000000113. The molecule has 16 aromatic rings. The summed E-state index contributed by atoms with van der Waals surface area (Å²) in [6.07, 6.45) is 28.0. The first kappa shape index (κ1) is 77.7. The topological polar surface area (TPSA) is 302 Å². The number of anilines is 3. The van der Waals surface area contributed by atoms with Gasteiger partial charge < -0.3 is 43.3 Å². The van der Waals surface area contributed by atoms with E-state index in [9.17, 15) is 19.2 Å². The van der Waals surface area contributed by atoms with Gasteiger partial charge in [0, 0.05) is 206 Å². The van der Waals surface area contributed by atoms with Crippen molar-refractivity contribution in [2.75, 3.05) is 140 Å². The number of aryl methyl sites for hydroxylation is 6. The third-order valence-electron chi connectivity index (χ3n) is 22.8. The highest BCUT2D eigenvalue weighted by atomic mass is 16.3. The van der Waals surface area contributed by atoms with Crippen LogP contribution in [0.2, 0.25) is 0 Å². The highest BCUT2D eigenvalue weighted by Gasteiger charge is 2.25. The molecular formula is C86H95N27O5. The number of piperazine rings is 3. The first-order valence-corrected chi connectivity index (χ1v) is 40.3. The molecule has 4 saturated heterocycles. The number of benzene rings is 2. The molecule has 1 N–H and O–H groups in total. The van der Waals surface area contributed by atoms with Crippen molar-refractivity contribution < 1.29 is 5.11 Å². The molecule has 18 heterocycles. The number of imidazole rings is 2. The summed E-state index contributed by atoms with van der Waals surface area (Å²) in [6, 6.07) is 22.2. The molecule has 4 fully saturated rings. The van der Waals surface area contributed by atoms with Gasteiger partial charge in [-0.25, -0.2) is 44.9 Å². The smallest absolute Gasteiger partial charge is 0.258 e. The lowest BCUT2D eigenvalue weighted by molar-refractivity contribution is 0.188. The second kappa shape index (κ2) is 33.0. The van der Waals surface area contributed by atoms with E-state index in [2.05, 4.69) is 105 Å². The molecule has 14 aromatic heterocycles. The van der Waals surface area contributed by atoms with Gasteiger partial charge in [-0.15, -0.1) is 0 Å². The number of pyridine rings is 2. The number of aliphatic hydroxyl groups is 1. The van der Waals surface area contributed by atoms with Crippen molar-refractivity contribution in [1.82, 2.24) is 115 Å². The van der Waals surface area contributed by atoms with E-state index in [1.165, 1.54) is 0 Å². The van der Waals surface area contributed by atoms with Crippen LogP contribution in [-0.2, 0) is 14.1 Å². The van der Waals surface area contributed by atoms with E-state index in [-0.39, 0.29) is 28.8 Å². The van der Waals surface area contributed by atoms with Crippen LogP contribution in [0.1, 0.15) is 60.8 Å². The minimum absolute atomic E-state index is 0.0794. The Morgan fingerprint density at radius 3 is 1.16 bits per heavy atom. The molecule has 20 rings (SSSR count).